The Bertz CT molecular complexity index is 222. The molecule has 1 nitrogen and oxygen atoms in total. The number of fused-ring (bicyclic) bond motifs is 1. The van der Waals surface area contributed by atoms with E-state index in [1.807, 2.05) is 0 Å². The highest BCUT2D eigenvalue weighted by atomic mass is 79.9. The number of hydrogen-bond acceptors (Lipinski definition) is 1. The summed E-state index contributed by atoms with van der Waals surface area (Å²) in [7, 11) is 0. The van der Waals surface area contributed by atoms with Gasteiger partial charge in [-0.15, -0.1) is 0 Å². The van der Waals surface area contributed by atoms with E-state index in [4.69, 9.17) is 4.74 Å². The van der Waals surface area contributed by atoms with Gasteiger partial charge in [0.15, 0.2) is 0 Å². The number of hydrogen-bond donors (Lipinski definition) is 0. The summed E-state index contributed by atoms with van der Waals surface area (Å²) in [6, 6.07) is 0. The van der Waals surface area contributed by atoms with Gasteiger partial charge in [0.05, 0.1) is 5.60 Å². The minimum absolute atomic E-state index is 0.159. The molecule has 0 radical (unpaired) electrons. The maximum absolute atomic E-state index is 6.03. The second-order valence-electron chi connectivity index (χ2n) is 5.68. The van der Waals surface area contributed by atoms with Crippen molar-refractivity contribution in [3.8, 4) is 0 Å². The van der Waals surface area contributed by atoms with Crippen LogP contribution in [0.15, 0.2) is 0 Å². The zero-order valence-electron chi connectivity index (χ0n) is 9.48. The van der Waals surface area contributed by atoms with Gasteiger partial charge < -0.3 is 4.74 Å². The summed E-state index contributed by atoms with van der Waals surface area (Å²) in [5.74, 6) is 0.724. The average Bonchev–Trinajstić information content (AvgIpc) is 2.13. The Hall–Kier alpha value is 0.440. The zero-order chi connectivity index (χ0) is 10.4. The Morgan fingerprint density at radius 1 is 1.21 bits per heavy atom. The van der Waals surface area contributed by atoms with Gasteiger partial charge in [-0.25, -0.2) is 0 Å². The Labute approximate surface area is 95.7 Å². The zero-order valence-corrected chi connectivity index (χ0v) is 11.1. The smallest absolute Gasteiger partial charge is 0.0688 e. The van der Waals surface area contributed by atoms with Crippen molar-refractivity contribution >= 4 is 15.9 Å². The lowest BCUT2D eigenvalue weighted by Gasteiger charge is -2.55. The molecule has 2 aliphatic rings. The van der Waals surface area contributed by atoms with Gasteiger partial charge in [0.2, 0.25) is 0 Å². The number of alkyl halides is 1. The molecule has 0 bridgehead atoms. The van der Waals surface area contributed by atoms with Gasteiger partial charge in [0.25, 0.3) is 0 Å². The van der Waals surface area contributed by atoms with Crippen LogP contribution in [0, 0.1) is 11.3 Å². The van der Waals surface area contributed by atoms with Gasteiger partial charge in [-0.05, 0) is 43.9 Å². The maximum atomic E-state index is 6.03. The van der Waals surface area contributed by atoms with E-state index in [1.54, 1.807) is 0 Å². The van der Waals surface area contributed by atoms with Gasteiger partial charge in [0.1, 0.15) is 0 Å². The van der Waals surface area contributed by atoms with Crippen LogP contribution in [0.25, 0.3) is 0 Å². The molecule has 0 aromatic carbocycles. The lowest BCUT2D eigenvalue weighted by molar-refractivity contribution is -0.161. The Balaban J connectivity index is 2.26. The molecule has 0 unspecified atom stereocenters. The predicted octanol–water partition coefficient (Wildman–Crippen LogP) is 3.76. The number of ether oxygens (including phenoxy) is 1. The van der Waals surface area contributed by atoms with Gasteiger partial charge in [-0.2, -0.15) is 0 Å². The molecule has 3 atom stereocenters. The van der Waals surface area contributed by atoms with Gasteiger partial charge in [-0.1, -0.05) is 29.8 Å². The van der Waals surface area contributed by atoms with Crippen LogP contribution in [0.5, 0.6) is 0 Å². The van der Waals surface area contributed by atoms with E-state index in [1.165, 1.54) is 25.7 Å². The van der Waals surface area contributed by atoms with Gasteiger partial charge in [0, 0.05) is 11.4 Å². The monoisotopic (exact) mass is 260 g/mol. The van der Waals surface area contributed by atoms with Crippen molar-refractivity contribution in [2.75, 3.05) is 6.61 Å². The van der Waals surface area contributed by atoms with Crippen molar-refractivity contribution in [1.29, 1.82) is 0 Å². The molecule has 1 saturated carbocycles. The van der Waals surface area contributed by atoms with Crippen LogP contribution in [0.1, 0.15) is 46.5 Å². The van der Waals surface area contributed by atoms with Crippen molar-refractivity contribution in [3.05, 3.63) is 0 Å². The minimum Gasteiger partial charge on any atom is -0.375 e. The van der Waals surface area contributed by atoms with Crippen molar-refractivity contribution < 1.29 is 4.74 Å². The first-order chi connectivity index (χ1) is 6.47. The van der Waals surface area contributed by atoms with Gasteiger partial charge in [-0.3, -0.25) is 0 Å². The van der Waals surface area contributed by atoms with Crippen molar-refractivity contribution in [1.82, 2.24) is 0 Å². The summed E-state index contributed by atoms with van der Waals surface area (Å²) in [5, 5.41) is 0. The molecule has 1 heterocycles. The predicted molar refractivity (Wildman–Crippen MR) is 62.8 cm³/mol. The molecule has 2 fully saturated rings. The quantitative estimate of drug-likeness (QED) is 0.603. The molecular weight excluding hydrogens is 240 g/mol. The molecule has 0 amide bonds. The number of rotatable bonds is 0. The molecule has 0 aromatic heterocycles. The lowest BCUT2D eigenvalue weighted by Crippen LogP contribution is -2.55. The summed E-state index contributed by atoms with van der Waals surface area (Å²) < 4.78 is 6.03. The fourth-order valence-electron chi connectivity index (χ4n) is 3.41. The molecule has 1 aliphatic heterocycles. The summed E-state index contributed by atoms with van der Waals surface area (Å²) in [5.41, 5.74) is 0.541. The molecule has 14 heavy (non-hydrogen) atoms. The summed E-state index contributed by atoms with van der Waals surface area (Å²) >= 11 is 3.84. The molecule has 1 aliphatic carbocycles. The molecule has 2 heteroatoms. The van der Waals surface area contributed by atoms with Crippen LogP contribution < -0.4 is 0 Å². The minimum atomic E-state index is 0.159. The Morgan fingerprint density at radius 3 is 2.64 bits per heavy atom. The van der Waals surface area contributed by atoms with Crippen molar-refractivity contribution in [3.63, 3.8) is 0 Å². The maximum Gasteiger partial charge on any atom is 0.0688 e. The molecular formula is C12H21BrO. The van der Waals surface area contributed by atoms with E-state index in [0.29, 0.717) is 10.2 Å². The third kappa shape index (κ3) is 1.55. The van der Waals surface area contributed by atoms with E-state index in [0.717, 1.165) is 12.5 Å². The molecule has 0 N–H and O–H groups in total. The lowest BCUT2D eigenvalue weighted by atomic mass is 9.59. The molecule has 0 aromatic rings. The summed E-state index contributed by atoms with van der Waals surface area (Å²) in [6.45, 7) is 8.07. The molecule has 1 saturated heterocycles. The van der Waals surface area contributed by atoms with Crippen LogP contribution >= 0.6 is 15.9 Å². The largest absolute Gasteiger partial charge is 0.375 e. The first-order valence-corrected chi connectivity index (χ1v) is 6.66. The van der Waals surface area contributed by atoms with Crippen LogP contribution in [0.2, 0.25) is 0 Å². The summed E-state index contributed by atoms with van der Waals surface area (Å²) in [4.78, 5) is 0.662. The highest BCUT2D eigenvalue weighted by Gasteiger charge is 2.52. The highest BCUT2D eigenvalue weighted by molar-refractivity contribution is 9.09. The molecule has 2 rings (SSSR count). The van der Waals surface area contributed by atoms with E-state index >= 15 is 0 Å². The normalized spacial score (nSPS) is 47.1. The third-order valence-electron chi connectivity index (χ3n) is 4.41. The van der Waals surface area contributed by atoms with Crippen LogP contribution in [0.3, 0.4) is 0 Å². The average molecular weight is 261 g/mol. The number of halogens is 1. The van der Waals surface area contributed by atoms with E-state index in [2.05, 4.69) is 36.7 Å². The van der Waals surface area contributed by atoms with E-state index < -0.39 is 0 Å². The molecule has 82 valence electrons. The topological polar surface area (TPSA) is 9.23 Å². The highest BCUT2D eigenvalue weighted by Crippen LogP contribution is 2.53. The Morgan fingerprint density at radius 2 is 1.93 bits per heavy atom. The fourth-order valence-corrected chi connectivity index (χ4v) is 3.96. The van der Waals surface area contributed by atoms with E-state index in [9.17, 15) is 0 Å². The van der Waals surface area contributed by atoms with E-state index in [-0.39, 0.29) is 5.60 Å². The van der Waals surface area contributed by atoms with Crippen molar-refractivity contribution in [2.24, 2.45) is 11.3 Å². The SMILES string of the molecule is CC1(C)[C@H](Br)CC[C@]2(C)OCCC[C@@H]12. The first-order valence-electron chi connectivity index (χ1n) is 5.75. The standard InChI is InChI=1S/C12H21BrO/c1-11(2)9-5-4-8-14-12(9,3)7-6-10(11)13/h9-10H,4-8H2,1-3H3/t9-,10+,12-/m0/s1. The molecule has 0 spiro atoms. The third-order valence-corrected chi connectivity index (χ3v) is 6.04. The van der Waals surface area contributed by atoms with Gasteiger partial charge >= 0.3 is 0 Å². The van der Waals surface area contributed by atoms with Crippen molar-refractivity contribution in [2.45, 2.75) is 56.9 Å². The first kappa shape index (κ1) is 10.9. The van der Waals surface area contributed by atoms with Crippen LogP contribution in [-0.4, -0.2) is 17.0 Å². The van der Waals surface area contributed by atoms with Crippen LogP contribution in [-0.2, 0) is 4.74 Å². The second kappa shape index (κ2) is 3.48. The second-order valence-corrected chi connectivity index (χ2v) is 6.79. The fraction of sp³-hybridized carbons (Fsp3) is 1.00. The van der Waals surface area contributed by atoms with Crippen LogP contribution in [0.4, 0.5) is 0 Å². The summed E-state index contributed by atoms with van der Waals surface area (Å²) in [6.07, 6.45) is 5.05. The Kier molecular flexibility index (Phi) is 2.72.